The van der Waals surface area contributed by atoms with Crippen LogP contribution in [0.5, 0.6) is 5.88 Å². The Hall–Kier alpha value is -2.36. The minimum absolute atomic E-state index is 0. The monoisotopic (exact) mass is 495 g/mol. The van der Waals surface area contributed by atoms with E-state index in [1.165, 1.54) is 0 Å². The first-order chi connectivity index (χ1) is 13.2. The number of benzene rings is 1. The average molecular weight is 495 g/mol. The fraction of sp³-hybridized carbons (Fsp3) is 0.350. The number of guanidine groups is 1. The number of nitrogens with one attached hydrogen (secondary N) is 2. The Balaban J connectivity index is 0.00000280. The van der Waals surface area contributed by atoms with Crippen LogP contribution >= 0.6 is 24.0 Å². The van der Waals surface area contributed by atoms with Gasteiger partial charge in [0.05, 0.1) is 6.54 Å². The number of carbonyl (C=O) groups excluding carboxylic acids is 1. The molecule has 1 aliphatic heterocycles. The summed E-state index contributed by atoms with van der Waals surface area (Å²) in [6.07, 6.45) is 2.74. The molecule has 3 rings (SSSR count). The van der Waals surface area contributed by atoms with Gasteiger partial charge in [-0.3, -0.25) is 9.79 Å². The van der Waals surface area contributed by atoms with Gasteiger partial charge in [0.15, 0.2) is 5.96 Å². The van der Waals surface area contributed by atoms with Gasteiger partial charge in [-0.15, -0.1) is 24.0 Å². The molecular formula is C20H26IN5O2. The summed E-state index contributed by atoms with van der Waals surface area (Å²) in [5, 5.41) is 6.01. The molecular weight excluding hydrogens is 469 g/mol. The van der Waals surface area contributed by atoms with Crippen LogP contribution in [-0.2, 0) is 6.54 Å². The maximum absolute atomic E-state index is 11.8. The Morgan fingerprint density at radius 3 is 2.89 bits per heavy atom. The number of aromatic nitrogens is 1. The van der Waals surface area contributed by atoms with Crippen molar-refractivity contribution >= 4 is 35.8 Å². The molecule has 2 N–H and O–H groups in total. The molecule has 0 bridgehead atoms. The summed E-state index contributed by atoms with van der Waals surface area (Å²) in [6.45, 7) is 2.23. The van der Waals surface area contributed by atoms with Crippen LogP contribution in [0.1, 0.15) is 22.3 Å². The quantitative estimate of drug-likeness (QED) is 0.378. The van der Waals surface area contributed by atoms with Gasteiger partial charge in [-0.25, -0.2) is 4.98 Å². The van der Waals surface area contributed by atoms with Crippen LogP contribution in [0, 0.1) is 0 Å². The molecule has 1 saturated heterocycles. The molecule has 1 unspecified atom stereocenters. The second-order valence-electron chi connectivity index (χ2n) is 6.32. The molecule has 150 valence electrons. The lowest BCUT2D eigenvalue weighted by Gasteiger charge is -2.21. The van der Waals surface area contributed by atoms with E-state index in [0.717, 1.165) is 31.0 Å². The number of halogens is 1. The van der Waals surface area contributed by atoms with Gasteiger partial charge in [0.1, 0.15) is 6.10 Å². The Morgan fingerprint density at radius 1 is 1.32 bits per heavy atom. The molecule has 1 amide bonds. The maximum Gasteiger partial charge on any atom is 0.251 e. The molecule has 1 aliphatic rings. The van der Waals surface area contributed by atoms with Crippen molar-refractivity contribution in [1.82, 2.24) is 20.5 Å². The molecule has 0 aliphatic carbocycles. The zero-order valence-corrected chi connectivity index (χ0v) is 18.4. The van der Waals surface area contributed by atoms with E-state index >= 15 is 0 Å². The number of likely N-dealkylation sites (tertiary alicyclic amines) is 1. The van der Waals surface area contributed by atoms with Crippen LogP contribution in [0.25, 0.3) is 0 Å². The lowest BCUT2D eigenvalue weighted by molar-refractivity contribution is 0.0963. The van der Waals surface area contributed by atoms with Crippen molar-refractivity contribution in [3.05, 3.63) is 59.8 Å². The number of nitrogens with zero attached hydrogens (tertiary/aromatic N) is 3. The van der Waals surface area contributed by atoms with E-state index in [1.54, 1.807) is 26.4 Å². The fourth-order valence-corrected chi connectivity index (χ4v) is 3.08. The van der Waals surface area contributed by atoms with Crippen LogP contribution in [0.4, 0.5) is 0 Å². The molecule has 0 spiro atoms. The number of rotatable bonds is 5. The molecule has 2 aromatic rings. The number of amides is 1. The van der Waals surface area contributed by atoms with Gasteiger partial charge in [0.2, 0.25) is 5.88 Å². The highest BCUT2D eigenvalue weighted by Crippen LogP contribution is 2.16. The lowest BCUT2D eigenvalue weighted by atomic mass is 10.1. The third-order valence-corrected chi connectivity index (χ3v) is 4.45. The topological polar surface area (TPSA) is 78.9 Å². The minimum Gasteiger partial charge on any atom is -0.472 e. The molecule has 0 radical (unpaired) electrons. The van der Waals surface area contributed by atoms with Crippen molar-refractivity contribution in [2.45, 2.75) is 19.1 Å². The van der Waals surface area contributed by atoms with E-state index in [4.69, 9.17) is 4.74 Å². The van der Waals surface area contributed by atoms with Crippen LogP contribution in [0.3, 0.4) is 0 Å². The Morgan fingerprint density at radius 2 is 2.18 bits per heavy atom. The predicted molar refractivity (Wildman–Crippen MR) is 120 cm³/mol. The SMILES string of the molecule is CN=C(NCc1cccc(C(=O)NC)c1)N1CCC(Oc2ccccn2)C1.I. The van der Waals surface area contributed by atoms with Gasteiger partial charge in [0.25, 0.3) is 5.91 Å². The van der Waals surface area contributed by atoms with Gasteiger partial charge in [-0.05, 0) is 23.8 Å². The van der Waals surface area contributed by atoms with Crippen LogP contribution < -0.4 is 15.4 Å². The Kier molecular flexibility index (Phi) is 8.49. The summed E-state index contributed by atoms with van der Waals surface area (Å²) in [5.41, 5.74) is 1.68. The number of hydrogen-bond donors (Lipinski definition) is 2. The maximum atomic E-state index is 11.8. The van der Waals surface area contributed by atoms with Crippen molar-refractivity contribution in [2.75, 3.05) is 27.2 Å². The zero-order valence-electron chi connectivity index (χ0n) is 16.1. The molecule has 0 saturated carbocycles. The van der Waals surface area contributed by atoms with E-state index in [9.17, 15) is 4.79 Å². The number of hydrogen-bond acceptors (Lipinski definition) is 4. The van der Waals surface area contributed by atoms with Crippen LogP contribution in [0.15, 0.2) is 53.7 Å². The van der Waals surface area contributed by atoms with Crippen molar-refractivity contribution in [3.8, 4) is 5.88 Å². The van der Waals surface area contributed by atoms with Gasteiger partial charge < -0.3 is 20.3 Å². The molecule has 7 nitrogen and oxygen atoms in total. The van der Waals surface area contributed by atoms with E-state index in [0.29, 0.717) is 18.0 Å². The summed E-state index contributed by atoms with van der Waals surface area (Å²) < 4.78 is 5.94. The molecule has 1 atom stereocenters. The van der Waals surface area contributed by atoms with E-state index < -0.39 is 0 Å². The van der Waals surface area contributed by atoms with E-state index in [1.807, 2.05) is 36.4 Å². The summed E-state index contributed by atoms with van der Waals surface area (Å²) in [7, 11) is 3.40. The standard InChI is InChI=1S/C20H25N5O2.HI/c1-21-19(26)16-7-5-6-15(12-16)13-24-20(22-2)25-11-9-17(14-25)27-18-8-3-4-10-23-18;/h3-8,10,12,17H,9,11,13-14H2,1-2H3,(H,21,26)(H,22,24);1H. The first-order valence-corrected chi connectivity index (χ1v) is 9.04. The van der Waals surface area contributed by atoms with Crippen LogP contribution in [-0.4, -0.2) is 55.0 Å². The molecule has 8 heteroatoms. The fourth-order valence-electron chi connectivity index (χ4n) is 3.08. The minimum atomic E-state index is -0.0877. The molecule has 1 aromatic heterocycles. The largest absolute Gasteiger partial charge is 0.472 e. The highest BCUT2D eigenvalue weighted by molar-refractivity contribution is 14.0. The third kappa shape index (κ3) is 5.82. The van der Waals surface area contributed by atoms with Crippen molar-refractivity contribution in [1.29, 1.82) is 0 Å². The first-order valence-electron chi connectivity index (χ1n) is 9.04. The normalized spacial score (nSPS) is 16.3. The average Bonchev–Trinajstić information content (AvgIpc) is 3.17. The van der Waals surface area contributed by atoms with Gasteiger partial charge >= 0.3 is 0 Å². The summed E-state index contributed by atoms with van der Waals surface area (Å²) >= 11 is 0. The van der Waals surface area contributed by atoms with Crippen LogP contribution in [0.2, 0.25) is 0 Å². The summed E-state index contributed by atoms with van der Waals surface area (Å²) in [4.78, 5) is 22.5. The van der Waals surface area contributed by atoms with Gasteiger partial charge in [0, 0.05) is 51.4 Å². The zero-order chi connectivity index (χ0) is 19.1. The van der Waals surface area contributed by atoms with Gasteiger partial charge in [-0.1, -0.05) is 18.2 Å². The lowest BCUT2D eigenvalue weighted by Crippen LogP contribution is -2.40. The van der Waals surface area contributed by atoms with E-state index in [2.05, 4.69) is 25.5 Å². The molecule has 28 heavy (non-hydrogen) atoms. The predicted octanol–water partition coefficient (Wildman–Crippen LogP) is 2.29. The summed E-state index contributed by atoms with van der Waals surface area (Å²) in [6, 6.07) is 13.2. The molecule has 2 heterocycles. The molecule has 1 aromatic carbocycles. The number of carbonyl (C=O) groups is 1. The second-order valence-corrected chi connectivity index (χ2v) is 6.32. The van der Waals surface area contributed by atoms with Crippen molar-refractivity contribution in [3.63, 3.8) is 0 Å². The Bertz CT molecular complexity index is 800. The van der Waals surface area contributed by atoms with Crippen molar-refractivity contribution in [2.24, 2.45) is 4.99 Å². The highest BCUT2D eigenvalue weighted by Gasteiger charge is 2.26. The smallest absolute Gasteiger partial charge is 0.251 e. The van der Waals surface area contributed by atoms with E-state index in [-0.39, 0.29) is 36.0 Å². The number of aliphatic imine (C=N–C) groups is 1. The number of pyridine rings is 1. The number of ether oxygens (including phenoxy) is 1. The first kappa shape index (κ1) is 21.9. The second kappa shape index (κ2) is 10.8. The molecule has 1 fully saturated rings. The van der Waals surface area contributed by atoms with Gasteiger partial charge in [-0.2, -0.15) is 0 Å². The Labute approximate surface area is 182 Å². The van der Waals surface area contributed by atoms with Crippen molar-refractivity contribution < 1.29 is 9.53 Å². The highest BCUT2D eigenvalue weighted by atomic mass is 127. The third-order valence-electron chi connectivity index (χ3n) is 4.45. The summed E-state index contributed by atoms with van der Waals surface area (Å²) in [5.74, 6) is 1.39.